The molecule has 0 atom stereocenters. The molecule has 1 aromatic heterocycles. The summed E-state index contributed by atoms with van der Waals surface area (Å²) < 4.78 is 0. The standard InChI is InChI=1S/C25H27N3O2/c1-14-5-8-17(9-6-14)28-19-11-16(7-10-18(19)24(26)30)22-15(2)27-20-12-25(3,4)13-21(29)23(20)22/h5-11,27-28H,12-13H2,1-4H3,(H2,26,30). The Bertz CT molecular complexity index is 1150. The smallest absolute Gasteiger partial charge is 0.250 e. The number of anilines is 2. The molecule has 0 aliphatic heterocycles. The van der Waals surface area contributed by atoms with Crippen LogP contribution in [0.15, 0.2) is 42.5 Å². The lowest BCUT2D eigenvalue weighted by Crippen LogP contribution is -2.26. The number of carbonyl (C=O) groups is 2. The van der Waals surface area contributed by atoms with E-state index >= 15 is 0 Å². The number of amides is 1. The van der Waals surface area contributed by atoms with Crippen LogP contribution in [-0.4, -0.2) is 16.7 Å². The number of Topliss-reactive ketones (excluding diaryl/α,β-unsaturated/α-hetero) is 1. The van der Waals surface area contributed by atoms with Crippen LogP contribution in [0.5, 0.6) is 0 Å². The number of primary amides is 1. The first-order chi connectivity index (χ1) is 14.1. The molecule has 1 aliphatic rings. The molecule has 0 radical (unpaired) electrons. The first-order valence-corrected chi connectivity index (χ1v) is 10.2. The average Bonchev–Trinajstić information content (AvgIpc) is 2.98. The number of hydrogen-bond acceptors (Lipinski definition) is 3. The van der Waals surface area contributed by atoms with E-state index in [1.54, 1.807) is 6.07 Å². The molecule has 0 saturated carbocycles. The predicted octanol–water partition coefficient (Wildman–Crippen LogP) is 5.30. The number of aromatic amines is 1. The number of aromatic nitrogens is 1. The van der Waals surface area contributed by atoms with Gasteiger partial charge in [-0.05, 0) is 55.5 Å². The Morgan fingerprint density at radius 2 is 1.73 bits per heavy atom. The Morgan fingerprint density at radius 3 is 2.40 bits per heavy atom. The second-order valence-electron chi connectivity index (χ2n) is 9.04. The minimum absolute atomic E-state index is 0.0490. The summed E-state index contributed by atoms with van der Waals surface area (Å²) >= 11 is 0. The normalized spacial score (nSPS) is 15.0. The van der Waals surface area contributed by atoms with Gasteiger partial charge in [-0.25, -0.2) is 0 Å². The molecule has 1 amide bonds. The molecule has 30 heavy (non-hydrogen) atoms. The van der Waals surface area contributed by atoms with Gasteiger partial charge in [0.15, 0.2) is 5.78 Å². The van der Waals surface area contributed by atoms with Crippen molar-refractivity contribution >= 4 is 23.1 Å². The van der Waals surface area contributed by atoms with E-state index in [2.05, 4.69) is 24.1 Å². The lowest BCUT2D eigenvalue weighted by Gasteiger charge is -2.28. The third-order valence-corrected chi connectivity index (χ3v) is 5.74. The molecule has 0 unspecified atom stereocenters. The Morgan fingerprint density at radius 1 is 1.03 bits per heavy atom. The lowest BCUT2D eigenvalue weighted by molar-refractivity contribution is 0.0911. The number of nitrogens with two attached hydrogens (primary N) is 1. The second-order valence-corrected chi connectivity index (χ2v) is 9.04. The van der Waals surface area contributed by atoms with Crippen molar-refractivity contribution in [3.05, 3.63) is 70.5 Å². The van der Waals surface area contributed by atoms with Gasteiger partial charge in [-0.1, -0.05) is 37.6 Å². The van der Waals surface area contributed by atoms with E-state index in [0.717, 1.165) is 45.7 Å². The van der Waals surface area contributed by atoms with E-state index in [1.807, 2.05) is 50.2 Å². The minimum Gasteiger partial charge on any atom is -0.366 e. The van der Waals surface area contributed by atoms with Crippen LogP contribution in [0.25, 0.3) is 11.1 Å². The van der Waals surface area contributed by atoms with E-state index in [0.29, 0.717) is 17.7 Å². The summed E-state index contributed by atoms with van der Waals surface area (Å²) in [6, 6.07) is 13.4. The summed E-state index contributed by atoms with van der Waals surface area (Å²) in [5.74, 6) is -0.338. The predicted molar refractivity (Wildman–Crippen MR) is 120 cm³/mol. The Hall–Kier alpha value is -3.34. The highest BCUT2D eigenvalue weighted by atomic mass is 16.1. The lowest BCUT2D eigenvalue weighted by atomic mass is 9.75. The van der Waals surface area contributed by atoms with Crippen LogP contribution in [-0.2, 0) is 6.42 Å². The van der Waals surface area contributed by atoms with Crippen molar-refractivity contribution in [2.45, 2.75) is 40.5 Å². The van der Waals surface area contributed by atoms with Crippen molar-refractivity contribution in [3.63, 3.8) is 0 Å². The van der Waals surface area contributed by atoms with Crippen LogP contribution in [0.4, 0.5) is 11.4 Å². The maximum Gasteiger partial charge on any atom is 0.250 e. The molecule has 5 nitrogen and oxygen atoms in total. The molecule has 2 aromatic carbocycles. The first-order valence-electron chi connectivity index (χ1n) is 10.2. The van der Waals surface area contributed by atoms with E-state index in [9.17, 15) is 9.59 Å². The molecule has 5 heteroatoms. The number of hydrogen-bond donors (Lipinski definition) is 3. The van der Waals surface area contributed by atoms with Gasteiger partial charge in [0.25, 0.3) is 5.91 Å². The molecular formula is C25H27N3O2. The van der Waals surface area contributed by atoms with Crippen molar-refractivity contribution < 1.29 is 9.59 Å². The quantitative estimate of drug-likeness (QED) is 0.554. The zero-order chi connectivity index (χ0) is 21.6. The molecule has 0 saturated heterocycles. The third kappa shape index (κ3) is 3.63. The van der Waals surface area contributed by atoms with Gasteiger partial charge in [-0.3, -0.25) is 9.59 Å². The summed E-state index contributed by atoms with van der Waals surface area (Å²) in [6.45, 7) is 8.25. The van der Waals surface area contributed by atoms with Gasteiger partial charge in [0, 0.05) is 34.6 Å². The summed E-state index contributed by atoms with van der Waals surface area (Å²) in [6.07, 6.45) is 1.36. The monoisotopic (exact) mass is 401 g/mol. The number of rotatable bonds is 4. The van der Waals surface area contributed by atoms with Crippen LogP contribution < -0.4 is 11.1 Å². The Balaban J connectivity index is 1.81. The molecule has 3 aromatic rings. The minimum atomic E-state index is -0.498. The maximum absolute atomic E-state index is 13.0. The highest BCUT2D eigenvalue weighted by Crippen LogP contribution is 2.41. The summed E-state index contributed by atoms with van der Waals surface area (Å²) in [7, 11) is 0. The van der Waals surface area contributed by atoms with Crippen LogP contribution >= 0.6 is 0 Å². The summed E-state index contributed by atoms with van der Waals surface area (Å²) in [5.41, 5.74) is 13.2. The second kappa shape index (κ2) is 7.17. The zero-order valence-corrected chi connectivity index (χ0v) is 17.8. The Labute approximate surface area is 176 Å². The number of ketones is 1. The molecule has 4 N–H and O–H groups in total. The van der Waals surface area contributed by atoms with Gasteiger partial charge < -0.3 is 16.0 Å². The fraction of sp³-hybridized carbons (Fsp3) is 0.280. The number of H-pyrrole nitrogens is 1. The van der Waals surface area contributed by atoms with Gasteiger partial charge in [0.2, 0.25) is 0 Å². The van der Waals surface area contributed by atoms with Gasteiger partial charge >= 0.3 is 0 Å². The third-order valence-electron chi connectivity index (χ3n) is 5.74. The highest BCUT2D eigenvalue weighted by molar-refractivity contribution is 6.06. The number of nitrogens with one attached hydrogen (secondary N) is 2. The van der Waals surface area contributed by atoms with Gasteiger partial charge in [0.05, 0.1) is 11.3 Å². The molecule has 0 bridgehead atoms. The fourth-order valence-electron chi connectivity index (χ4n) is 4.37. The number of fused-ring (bicyclic) bond motifs is 1. The molecule has 4 rings (SSSR count). The first kappa shape index (κ1) is 20.0. The molecule has 1 aliphatic carbocycles. The topological polar surface area (TPSA) is 88.0 Å². The highest BCUT2D eigenvalue weighted by Gasteiger charge is 2.35. The van der Waals surface area contributed by atoms with Gasteiger partial charge in [-0.2, -0.15) is 0 Å². The van der Waals surface area contributed by atoms with Gasteiger partial charge in [0.1, 0.15) is 0 Å². The van der Waals surface area contributed by atoms with E-state index in [-0.39, 0.29) is 11.2 Å². The molecule has 154 valence electrons. The fourth-order valence-corrected chi connectivity index (χ4v) is 4.37. The largest absolute Gasteiger partial charge is 0.366 e. The van der Waals surface area contributed by atoms with Crippen molar-refractivity contribution in [2.24, 2.45) is 11.1 Å². The molecule has 0 fully saturated rings. The van der Waals surface area contributed by atoms with Crippen LogP contribution in [0.3, 0.4) is 0 Å². The maximum atomic E-state index is 13.0. The van der Waals surface area contributed by atoms with Crippen LogP contribution in [0, 0.1) is 19.3 Å². The van der Waals surface area contributed by atoms with Crippen molar-refractivity contribution in [1.82, 2.24) is 4.98 Å². The number of benzene rings is 2. The van der Waals surface area contributed by atoms with Crippen LogP contribution in [0.2, 0.25) is 0 Å². The zero-order valence-electron chi connectivity index (χ0n) is 17.8. The van der Waals surface area contributed by atoms with E-state index in [1.165, 1.54) is 0 Å². The molecular weight excluding hydrogens is 374 g/mol. The summed E-state index contributed by atoms with van der Waals surface area (Å²) in [4.78, 5) is 28.4. The number of aryl methyl sites for hydroxylation is 2. The molecule has 1 heterocycles. The van der Waals surface area contributed by atoms with Crippen molar-refractivity contribution in [2.75, 3.05) is 5.32 Å². The van der Waals surface area contributed by atoms with E-state index in [4.69, 9.17) is 5.73 Å². The van der Waals surface area contributed by atoms with Crippen molar-refractivity contribution in [3.8, 4) is 11.1 Å². The SMILES string of the molecule is Cc1ccc(Nc2cc(-c3c(C)[nH]c4c3C(=O)CC(C)(C)C4)ccc2C(N)=O)cc1. The Kier molecular flexibility index (Phi) is 4.77. The number of carbonyl (C=O) groups excluding carboxylic acids is 2. The summed E-state index contributed by atoms with van der Waals surface area (Å²) in [5, 5.41) is 3.31. The van der Waals surface area contributed by atoms with E-state index < -0.39 is 5.91 Å². The van der Waals surface area contributed by atoms with Gasteiger partial charge in [-0.15, -0.1) is 0 Å². The van der Waals surface area contributed by atoms with Crippen molar-refractivity contribution in [1.29, 1.82) is 0 Å². The van der Waals surface area contributed by atoms with Crippen LogP contribution in [0.1, 0.15) is 57.9 Å². The average molecular weight is 402 g/mol. The molecule has 0 spiro atoms.